The highest BCUT2D eigenvalue weighted by molar-refractivity contribution is 5.63. The Morgan fingerprint density at radius 3 is 2.73 bits per heavy atom. The molecule has 1 aliphatic heterocycles. The summed E-state index contributed by atoms with van der Waals surface area (Å²) in [4.78, 5) is 7.54. The molecule has 4 heteroatoms. The second-order valence-corrected chi connectivity index (χ2v) is 2.41. The van der Waals surface area contributed by atoms with Crippen LogP contribution in [0.1, 0.15) is 13.8 Å². The van der Waals surface area contributed by atoms with Crippen LogP contribution < -0.4 is 10.6 Å². The van der Waals surface area contributed by atoms with Crippen molar-refractivity contribution in [1.29, 1.82) is 0 Å². The lowest BCUT2D eigenvalue weighted by Crippen LogP contribution is -2.28. The Morgan fingerprint density at radius 2 is 2.27 bits per heavy atom. The molecule has 60 valence electrons. The third kappa shape index (κ3) is 1.80. The normalized spacial score (nSPS) is 23.6. The molecule has 0 aliphatic carbocycles. The summed E-state index contributed by atoms with van der Waals surface area (Å²) in [6, 6.07) is 0. The predicted octanol–water partition coefficient (Wildman–Crippen LogP) is 0.443. The summed E-state index contributed by atoms with van der Waals surface area (Å²) >= 11 is 0. The van der Waals surface area contributed by atoms with Gasteiger partial charge >= 0.3 is 0 Å². The van der Waals surface area contributed by atoms with E-state index in [2.05, 4.69) is 27.3 Å². The van der Waals surface area contributed by atoms with Crippen molar-refractivity contribution in [1.82, 2.24) is 10.6 Å². The molecule has 0 aromatic heterocycles. The highest BCUT2D eigenvalue weighted by Gasteiger charge is 2.13. The molecule has 0 bridgehead atoms. The van der Waals surface area contributed by atoms with Crippen molar-refractivity contribution in [3.63, 3.8) is 0 Å². The third-order valence-electron chi connectivity index (χ3n) is 1.41. The predicted molar refractivity (Wildman–Crippen MR) is 46.5 cm³/mol. The van der Waals surface area contributed by atoms with E-state index in [1.54, 1.807) is 0 Å². The van der Waals surface area contributed by atoms with E-state index in [1.165, 1.54) is 6.34 Å². The fraction of sp³-hybridized carbons (Fsp3) is 0.429. The first-order valence-corrected chi connectivity index (χ1v) is 3.46. The van der Waals surface area contributed by atoms with E-state index in [0.717, 1.165) is 11.5 Å². The van der Waals surface area contributed by atoms with Gasteiger partial charge in [-0.3, -0.25) is 4.99 Å². The molecule has 0 aromatic rings. The maximum absolute atomic E-state index is 4.02. The molecule has 0 aromatic carbocycles. The molecule has 1 atom stereocenters. The number of nitrogens with zero attached hydrogens (tertiary/aromatic N) is 2. The molecule has 0 saturated heterocycles. The largest absolute Gasteiger partial charge is 0.366 e. The van der Waals surface area contributed by atoms with Crippen molar-refractivity contribution in [2.24, 2.45) is 9.98 Å². The first kappa shape index (κ1) is 7.78. The van der Waals surface area contributed by atoms with Gasteiger partial charge in [-0.05, 0) is 20.6 Å². The summed E-state index contributed by atoms with van der Waals surface area (Å²) in [5.41, 5.74) is 1.04. The van der Waals surface area contributed by atoms with Gasteiger partial charge in [-0.1, -0.05) is 0 Å². The van der Waals surface area contributed by atoms with Crippen LogP contribution in [-0.2, 0) is 0 Å². The summed E-state index contributed by atoms with van der Waals surface area (Å²) in [5, 5.41) is 6.29. The van der Waals surface area contributed by atoms with Crippen molar-refractivity contribution in [2.75, 3.05) is 0 Å². The monoisotopic (exact) mass is 152 g/mol. The minimum atomic E-state index is 0.256. The maximum atomic E-state index is 4.02. The van der Waals surface area contributed by atoms with Gasteiger partial charge in [-0.25, -0.2) is 4.99 Å². The van der Waals surface area contributed by atoms with E-state index in [4.69, 9.17) is 0 Å². The van der Waals surface area contributed by atoms with Crippen LogP contribution in [0.25, 0.3) is 0 Å². The number of hydrogen-bond donors (Lipinski definition) is 2. The van der Waals surface area contributed by atoms with Crippen LogP contribution in [0.15, 0.2) is 21.5 Å². The number of allylic oxidation sites excluding steroid dienone is 1. The number of hydrogen-bond acceptors (Lipinski definition) is 3. The summed E-state index contributed by atoms with van der Waals surface area (Å²) in [6.45, 7) is 7.28. The number of nitrogens with one attached hydrogen (secondary N) is 2. The van der Waals surface area contributed by atoms with Gasteiger partial charge in [-0.2, -0.15) is 0 Å². The zero-order chi connectivity index (χ0) is 8.27. The molecule has 1 rings (SSSR count). The molecule has 1 heterocycles. The van der Waals surface area contributed by atoms with Gasteiger partial charge in [0.05, 0.1) is 11.9 Å². The van der Waals surface area contributed by atoms with Gasteiger partial charge in [-0.15, -0.1) is 0 Å². The Bertz CT molecular complexity index is 216. The van der Waals surface area contributed by atoms with Gasteiger partial charge in [0.25, 0.3) is 0 Å². The van der Waals surface area contributed by atoms with Crippen LogP contribution in [0.2, 0.25) is 0 Å². The minimum absolute atomic E-state index is 0.256. The van der Waals surface area contributed by atoms with E-state index in [9.17, 15) is 0 Å². The quantitative estimate of drug-likeness (QED) is 0.445. The smallest absolute Gasteiger partial charge is 0.148 e. The molecule has 0 fully saturated rings. The minimum Gasteiger partial charge on any atom is -0.366 e. The molecule has 0 spiro atoms. The van der Waals surface area contributed by atoms with E-state index >= 15 is 0 Å². The topological polar surface area (TPSA) is 48.8 Å². The number of aliphatic imine (C=N–C) groups is 2. The number of rotatable bonds is 2. The van der Waals surface area contributed by atoms with Crippen molar-refractivity contribution < 1.29 is 0 Å². The van der Waals surface area contributed by atoms with Gasteiger partial charge in [0, 0.05) is 0 Å². The lowest BCUT2D eigenvalue weighted by Gasteiger charge is -2.03. The van der Waals surface area contributed by atoms with Crippen LogP contribution in [-0.4, -0.2) is 19.2 Å². The molecule has 11 heavy (non-hydrogen) atoms. The maximum Gasteiger partial charge on any atom is 0.148 e. The SMILES string of the molecule is C=N/C=N\C1=C(C)NC(C)N1. The van der Waals surface area contributed by atoms with Gasteiger partial charge in [0.2, 0.25) is 0 Å². The molecular weight excluding hydrogens is 140 g/mol. The van der Waals surface area contributed by atoms with Crippen LogP contribution in [0.4, 0.5) is 0 Å². The standard InChI is InChI=1S/C7H12N4/c1-5-7(9-4-8-3)11-6(2)10-5/h4,6,10-11H,3H2,1-2H3/b9-4-. The average molecular weight is 152 g/mol. The van der Waals surface area contributed by atoms with Crippen molar-refractivity contribution in [2.45, 2.75) is 20.0 Å². The Balaban J connectivity index is 2.64. The Kier molecular flexibility index (Phi) is 2.25. The molecule has 0 amide bonds. The molecule has 2 N–H and O–H groups in total. The Morgan fingerprint density at radius 1 is 1.55 bits per heavy atom. The van der Waals surface area contributed by atoms with Crippen LogP contribution in [0.5, 0.6) is 0 Å². The molecule has 4 nitrogen and oxygen atoms in total. The van der Waals surface area contributed by atoms with E-state index in [0.29, 0.717) is 0 Å². The van der Waals surface area contributed by atoms with Crippen LogP contribution in [0.3, 0.4) is 0 Å². The van der Waals surface area contributed by atoms with Gasteiger partial charge in [0.1, 0.15) is 12.2 Å². The van der Waals surface area contributed by atoms with Gasteiger partial charge < -0.3 is 10.6 Å². The van der Waals surface area contributed by atoms with Gasteiger partial charge in [0.15, 0.2) is 0 Å². The summed E-state index contributed by atoms with van der Waals surface area (Å²) in [6.07, 6.45) is 1.68. The lowest BCUT2D eigenvalue weighted by molar-refractivity contribution is 0.601. The highest BCUT2D eigenvalue weighted by Crippen LogP contribution is 2.06. The second kappa shape index (κ2) is 3.18. The first-order valence-electron chi connectivity index (χ1n) is 3.46. The van der Waals surface area contributed by atoms with Crippen LogP contribution in [0, 0.1) is 0 Å². The van der Waals surface area contributed by atoms with Crippen molar-refractivity contribution >= 4 is 13.1 Å². The second-order valence-electron chi connectivity index (χ2n) is 2.41. The summed E-state index contributed by atoms with van der Waals surface area (Å²) < 4.78 is 0. The molecular formula is C7H12N4. The van der Waals surface area contributed by atoms with E-state index in [-0.39, 0.29) is 6.17 Å². The first-order chi connectivity index (χ1) is 5.24. The third-order valence-corrected chi connectivity index (χ3v) is 1.41. The molecule has 1 aliphatic rings. The molecule has 1 unspecified atom stereocenters. The molecule has 0 radical (unpaired) electrons. The fourth-order valence-corrected chi connectivity index (χ4v) is 0.975. The lowest BCUT2D eigenvalue weighted by atomic mass is 10.5. The zero-order valence-corrected chi connectivity index (χ0v) is 6.76. The summed E-state index contributed by atoms with van der Waals surface area (Å²) in [5.74, 6) is 0.838. The van der Waals surface area contributed by atoms with Crippen molar-refractivity contribution in [3.8, 4) is 0 Å². The Hall–Kier alpha value is -1.32. The summed E-state index contributed by atoms with van der Waals surface area (Å²) in [7, 11) is 0. The fourth-order valence-electron chi connectivity index (χ4n) is 0.975. The zero-order valence-electron chi connectivity index (χ0n) is 6.76. The Labute approximate surface area is 66.1 Å². The average Bonchev–Trinajstić information content (AvgIpc) is 2.26. The van der Waals surface area contributed by atoms with Crippen LogP contribution >= 0.6 is 0 Å². The highest BCUT2D eigenvalue weighted by atomic mass is 15.2. The van der Waals surface area contributed by atoms with E-state index in [1.807, 2.05) is 13.8 Å². The van der Waals surface area contributed by atoms with E-state index < -0.39 is 0 Å². The van der Waals surface area contributed by atoms with Crippen molar-refractivity contribution in [3.05, 3.63) is 11.5 Å². The molecule has 0 saturated carbocycles.